The molecular formula is C22H22N6O. The van der Waals surface area contributed by atoms with E-state index in [1.165, 1.54) is 0 Å². The number of fused-ring (bicyclic) bond motifs is 1. The third-order valence-electron chi connectivity index (χ3n) is 6.11. The maximum atomic E-state index is 13.1. The van der Waals surface area contributed by atoms with Crippen LogP contribution < -0.4 is 4.90 Å². The van der Waals surface area contributed by atoms with E-state index in [1.54, 1.807) is 12.4 Å². The summed E-state index contributed by atoms with van der Waals surface area (Å²) in [5.74, 6) is 1.03. The lowest BCUT2D eigenvalue weighted by molar-refractivity contribution is -0.130. The van der Waals surface area contributed by atoms with Crippen molar-refractivity contribution in [2.45, 2.75) is 19.3 Å². The molecule has 3 heterocycles. The third-order valence-corrected chi connectivity index (χ3v) is 6.11. The van der Waals surface area contributed by atoms with Gasteiger partial charge in [-0.25, -0.2) is 9.97 Å². The molecule has 2 aliphatic rings. The number of aromatic nitrogens is 3. The van der Waals surface area contributed by atoms with Crippen LogP contribution in [0, 0.1) is 16.7 Å². The summed E-state index contributed by atoms with van der Waals surface area (Å²) < 4.78 is 0. The first-order valence-corrected chi connectivity index (χ1v) is 9.96. The van der Waals surface area contributed by atoms with Crippen molar-refractivity contribution in [2.24, 2.45) is 5.41 Å². The van der Waals surface area contributed by atoms with Gasteiger partial charge in [0.25, 0.3) is 0 Å². The van der Waals surface area contributed by atoms with Crippen LogP contribution in [0.15, 0.2) is 42.9 Å². The van der Waals surface area contributed by atoms with E-state index in [4.69, 9.17) is 0 Å². The van der Waals surface area contributed by atoms with Crippen molar-refractivity contribution in [2.75, 3.05) is 31.1 Å². The Hall–Kier alpha value is -3.40. The van der Waals surface area contributed by atoms with Gasteiger partial charge in [-0.1, -0.05) is 18.2 Å². The number of carbonyl (C=O) groups is 1. The number of H-pyrrole nitrogens is 1. The van der Waals surface area contributed by atoms with Gasteiger partial charge in [0.15, 0.2) is 0 Å². The Morgan fingerprint density at radius 1 is 1.17 bits per heavy atom. The third kappa shape index (κ3) is 3.31. The normalized spacial score (nSPS) is 17.9. The molecule has 0 radical (unpaired) electrons. The molecule has 7 heteroatoms. The number of amides is 1. The fourth-order valence-electron chi connectivity index (χ4n) is 4.31. The van der Waals surface area contributed by atoms with Crippen LogP contribution in [0.1, 0.15) is 24.0 Å². The van der Waals surface area contributed by atoms with Crippen LogP contribution in [0.3, 0.4) is 0 Å². The first-order valence-electron chi connectivity index (χ1n) is 9.96. The van der Waals surface area contributed by atoms with Crippen LogP contribution in [0.4, 0.5) is 5.82 Å². The predicted octanol–water partition coefficient (Wildman–Crippen LogP) is 2.50. The lowest BCUT2D eigenvalue weighted by atomic mass is 10.0. The molecule has 0 atom stereocenters. The van der Waals surface area contributed by atoms with Crippen LogP contribution in [0.25, 0.3) is 11.0 Å². The largest absolute Gasteiger partial charge is 0.354 e. The molecule has 1 spiro atoms. The van der Waals surface area contributed by atoms with E-state index >= 15 is 0 Å². The van der Waals surface area contributed by atoms with Crippen molar-refractivity contribution >= 4 is 22.8 Å². The maximum absolute atomic E-state index is 13.1. The number of carbonyl (C=O) groups excluding carboxylic acids is 1. The second kappa shape index (κ2) is 6.89. The number of anilines is 1. The van der Waals surface area contributed by atoms with Gasteiger partial charge in [-0.05, 0) is 30.5 Å². The molecule has 1 amide bonds. The number of benzene rings is 1. The van der Waals surface area contributed by atoms with Gasteiger partial charge in [-0.2, -0.15) is 5.26 Å². The molecule has 7 nitrogen and oxygen atoms in total. The zero-order valence-electron chi connectivity index (χ0n) is 16.1. The number of nitrogens with zero attached hydrogens (tertiary/aromatic N) is 5. The van der Waals surface area contributed by atoms with Gasteiger partial charge >= 0.3 is 0 Å². The number of hydrogen-bond donors (Lipinski definition) is 1. The fourth-order valence-corrected chi connectivity index (χ4v) is 4.31. The number of hydrogen-bond acceptors (Lipinski definition) is 5. The average molecular weight is 386 g/mol. The molecule has 146 valence electrons. The van der Waals surface area contributed by atoms with E-state index in [2.05, 4.69) is 25.9 Å². The SMILES string of the molecule is N#Cc1ccccc1CC(=O)N1CCN(c2ncnc3[nH]ccc23)CC2(CC2)C1. The lowest BCUT2D eigenvalue weighted by Crippen LogP contribution is -2.37. The Kier molecular flexibility index (Phi) is 4.20. The molecule has 5 rings (SSSR count). The predicted molar refractivity (Wildman–Crippen MR) is 109 cm³/mol. The first-order chi connectivity index (χ1) is 14.2. The van der Waals surface area contributed by atoms with E-state index in [9.17, 15) is 10.1 Å². The maximum Gasteiger partial charge on any atom is 0.227 e. The van der Waals surface area contributed by atoms with E-state index in [1.807, 2.05) is 35.4 Å². The summed E-state index contributed by atoms with van der Waals surface area (Å²) in [5.41, 5.74) is 2.37. The molecule has 1 saturated heterocycles. The summed E-state index contributed by atoms with van der Waals surface area (Å²) in [5, 5.41) is 10.3. The smallest absolute Gasteiger partial charge is 0.227 e. The van der Waals surface area contributed by atoms with Crippen molar-refractivity contribution < 1.29 is 4.79 Å². The molecule has 1 aromatic carbocycles. The molecule has 0 unspecified atom stereocenters. The Bertz CT molecular complexity index is 1110. The van der Waals surface area contributed by atoms with Gasteiger partial charge in [0.05, 0.1) is 23.4 Å². The second-order valence-corrected chi connectivity index (χ2v) is 8.12. The summed E-state index contributed by atoms with van der Waals surface area (Å²) in [4.78, 5) is 29.4. The number of aromatic amines is 1. The number of nitriles is 1. The Morgan fingerprint density at radius 2 is 2.03 bits per heavy atom. The highest BCUT2D eigenvalue weighted by Crippen LogP contribution is 2.48. The molecule has 2 aromatic heterocycles. The van der Waals surface area contributed by atoms with E-state index < -0.39 is 0 Å². The molecule has 1 aliphatic heterocycles. The summed E-state index contributed by atoms with van der Waals surface area (Å²) in [6, 6.07) is 11.6. The fraction of sp³-hybridized carbons (Fsp3) is 0.364. The van der Waals surface area contributed by atoms with E-state index in [-0.39, 0.29) is 17.7 Å². The highest BCUT2D eigenvalue weighted by molar-refractivity contribution is 5.87. The Labute approximate surface area is 169 Å². The van der Waals surface area contributed by atoms with Crippen molar-refractivity contribution in [1.29, 1.82) is 5.26 Å². The van der Waals surface area contributed by atoms with Gasteiger partial charge in [-0.15, -0.1) is 0 Å². The van der Waals surface area contributed by atoms with E-state index in [0.29, 0.717) is 12.1 Å². The highest BCUT2D eigenvalue weighted by atomic mass is 16.2. The second-order valence-electron chi connectivity index (χ2n) is 8.12. The zero-order chi connectivity index (χ0) is 19.8. The average Bonchev–Trinajstić information content (AvgIpc) is 3.38. The summed E-state index contributed by atoms with van der Waals surface area (Å²) in [7, 11) is 0. The Morgan fingerprint density at radius 3 is 2.86 bits per heavy atom. The van der Waals surface area contributed by atoms with Gasteiger partial charge in [0, 0.05) is 37.8 Å². The minimum atomic E-state index is 0.0929. The van der Waals surface area contributed by atoms with E-state index in [0.717, 1.165) is 54.9 Å². The van der Waals surface area contributed by atoms with Crippen molar-refractivity contribution in [3.8, 4) is 6.07 Å². The molecule has 2 fully saturated rings. The van der Waals surface area contributed by atoms with Crippen molar-refractivity contribution in [1.82, 2.24) is 19.9 Å². The van der Waals surface area contributed by atoms with Crippen LogP contribution in [-0.4, -0.2) is 51.9 Å². The molecule has 29 heavy (non-hydrogen) atoms. The van der Waals surface area contributed by atoms with Gasteiger partial charge in [0.1, 0.15) is 17.8 Å². The molecule has 3 aromatic rings. The number of nitrogens with one attached hydrogen (secondary N) is 1. The first kappa shape index (κ1) is 17.7. The van der Waals surface area contributed by atoms with Crippen molar-refractivity contribution in [3.63, 3.8) is 0 Å². The quantitative estimate of drug-likeness (QED) is 0.747. The van der Waals surface area contributed by atoms with Gasteiger partial charge in [-0.3, -0.25) is 4.79 Å². The van der Waals surface area contributed by atoms with Crippen molar-refractivity contribution in [3.05, 3.63) is 54.0 Å². The monoisotopic (exact) mass is 386 g/mol. The summed E-state index contributed by atoms with van der Waals surface area (Å²) >= 11 is 0. The summed E-state index contributed by atoms with van der Waals surface area (Å²) in [6.07, 6.45) is 6.01. The van der Waals surface area contributed by atoms with Crippen LogP contribution in [0.2, 0.25) is 0 Å². The summed E-state index contributed by atoms with van der Waals surface area (Å²) in [6.45, 7) is 3.08. The molecular weight excluding hydrogens is 364 g/mol. The van der Waals surface area contributed by atoms with Crippen LogP contribution in [-0.2, 0) is 11.2 Å². The number of rotatable bonds is 3. The molecule has 1 saturated carbocycles. The van der Waals surface area contributed by atoms with Crippen LogP contribution >= 0.6 is 0 Å². The lowest BCUT2D eigenvalue weighted by Gasteiger charge is -2.25. The standard InChI is InChI=1S/C22H22N6O/c23-12-17-4-2-1-3-16(17)11-19(29)27-9-10-28(14-22(13-27)6-7-22)21-18-5-8-24-20(18)25-15-26-21/h1-5,8,15H,6-7,9-11,13-14H2,(H,24,25,26). The molecule has 1 aliphatic carbocycles. The topological polar surface area (TPSA) is 88.9 Å². The van der Waals surface area contributed by atoms with Gasteiger partial charge < -0.3 is 14.8 Å². The minimum absolute atomic E-state index is 0.0929. The Balaban J connectivity index is 1.37. The highest BCUT2D eigenvalue weighted by Gasteiger charge is 2.47. The molecule has 0 bridgehead atoms. The zero-order valence-corrected chi connectivity index (χ0v) is 16.1. The molecule has 1 N–H and O–H groups in total. The van der Waals surface area contributed by atoms with Gasteiger partial charge in [0.2, 0.25) is 5.91 Å². The minimum Gasteiger partial charge on any atom is -0.354 e. The van der Waals surface area contributed by atoms with Crippen LogP contribution in [0.5, 0.6) is 0 Å².